The third-order valence-corrected chi connectivity index (χ3v) is 5.74. The zero-order valence-electron chi connectivity index (χ0n) is 16.8. The fourth-order valence-electron chi connectivity index (χ4n) is 4.36. The molecule has 148 valence electrons. The second-order valence-corrected chi connectivity index (χ2v) is 7.57. The van der Waals surface area contributed by atoms with Crippen molar-refractivity contribution in [2.24, 2.45) is 5.73 Å². The second-order valence-electron chi connectivity index (χ2n) is 7.57. The van der Waals surface area contributed by atoms with E-state index in [-0.39, 0.29) is 0 Å². The smallest absolute Gasteiger partial charge is 0.118 e. The molecule has 2 aromatic carbocycles. The number of nitriles is 1. The van der Waals surface area contributed by atoms with Crippen molar-refractivity contribution < 1.29 is 4.74 Å². The van der Waals surface area contributed by atoms with Crippen LogP contribution in [0.2, 0.25) is 0 Å². The molecule has 1 aromatic heterocycles. The van der Waals surface area contributed by atoms with Gasteiger partial charge in [0.1, 0.15) is 5.75 Å². The maximum atomic E-state index is 9.22. The Balaban J connectivity index is 1.78. The van der Waals surface area contributed by atoms with E-state index in [1.54, 1.807) is 7.11 Å². The quantitative estimate of drug-likeness (QED) is 0.687. The average molecular weight is 386 g/mol. The summed E-state index contributed by atoms with van der Waals surface area (Å²) in [5, 5.41) is 14.3. The van der Waals surface area contributed by atoms with Gasteiger partial charge in [-0.05, 0) is 80.1 Å². The van der Waals surface area contributed by atoms with Gasteiger partial charge in [-0.25, -0.2) is 0 Å². The highest BCUT2D eigenvalue weighted by atomic mass is 16.5. The summed E-state index contributed by atoms with van der Waals surface area (Å²) in [4.78, 5) is 0. The minimum atomic E-state index is 0.444. The molecule has 0 amide bonds. The van der Waals surface area contributed by atoms with E-state index in [2.05, 4.69) is 29.0 Å². The van der Waals surface area contributed by atoms with Crippen LogP contribution in [0.4, 0.5) is 0 Å². The molecule has 5 nitrogen and oxygen atoms in total. The lowest BCUT2D eigenvalue weighted by Crippen LogP contribution is -2.16. The lowest BCUT2D eigenvalue weighted by atomic mass is 9.82. The van der Waals surface area contributed by atoms with Gasteiger partial charge in [-0.1, -0.05) is 12.1 Å². The average Bonchev–Trinajstić information content (AvgIpc) is 3.13. The highest BCUT2D eigenvalue weighted by Crippen LogP contribution is 2.40. The Hall–Kier alpha value is -3.10. The third kappa shape index (κ3) is 3.90. The van der Waals surface area contributed by atoms with Crippen LogP contribution in [0.1, 0.15) is 47.6 Å². The van der Waals surface area contributed by atoms with Gasteiger partial charge in [0.2, 0.25) is 0 Å². The summed E-state index contributed by atoms with van der Waals surface area (Å²) in [5.41, 5.74) is 12.5. The van der Waals surface area contributed by atoms with Crippen LogP contribution in [-0.2, 0) is 13.0 Å². The van der Waals surface area contributed by atoms with E-state index in [1.807, 2.05) is 30.3 Å². The number of ether oxygens (including phenoxy) is 1. The molecule has 29 heavy (non-hydrogen) atoms. The third-order valence-electron chi connectivity index (χ3n) is 5.74. The molecule has 1 heterocycles. The van der Waals surface area contributed by atoms with E-state index in [1.165, 1.54) is 11.3 Å². The normalized spacial score (nSPS) is 15.6. The maximum absolute atomic E-state index is 9.22. The number of hydrogen-bond acceptors (Lipinski definition) is 4. The molecule has 0 bridgehead atoms. The number of hydrogen-bond donors (Lipinski definition) is 1. The van der Waals surface area contributed by atoms with Crippen molar-refractivity contribution >= 4 is 0 Å². The van der Waals surface area contributed by atoms with Gasteiger partial charge in [-0.3, -0.25) is 4.68 Å². The first-order valence-corrected chi connectivity index (χ1v) is 10.2. The topological polar surface area (TPSA) is 76.9 Å². The van der Waals surface area contributed by atoms with E-state index in [4.69, 9.17) is 15.6 Å². The molecule has 4 rings (SSSR count). The summed E-state index contributed by atoms with van der Waals surface area (Å²) in [6.07, 6.45) is 4.32. The number of aromatic nitrogens is 2. The van der Waals surface area contributed by atoms with Crippen molar-refractivity contribution in [2.45, 2.75) is 38.1 Å². The Labute approximate surface area is 171 Å². The lowest BCUT2D eigenvalue weighted by Gasteiger charge is -2.24. The van der Waals surface area contributed by atoms with Crippen molar-refractivity contribution in [3.8, 4) is 23.1 Å². The van der Waals surface area contributed by atoms with Crippen molar-refractivity contribution in [2.75, 3.05) is 13.7 Å². The molecule has 0 saturated carbocycles. The molecule has 0 radical (unpaired) electrons. The molecule has 1 aliphatic rings. The maximum Gasteiger partial charge on any atom is 0.118 e. The molecule has 0 saturated heterocycles. The molecule has 2 N–H and O–H groups in total. The Bertz CT molecular complexity index is 1030. The predicted octanol–water partition coefficient (Wildman–Crippen LogP) is 4.25. The van der Waals surface area contributed by atoms with E-state index < -0.39 is 0 Å². The first kappa shape index (κ1) is 19.2. The largest absolute Gasteiger partial charge is 0.497 e. The van der Waals surface area contributed by atoms with Gasteiger partial charge in [0.05, 0.1) is 31.0 Å². The molecule has 0 aliphatic heterocycles. The monoisotopic (exact) mass is 386 g/mol. The SMILES string of the molecule is COc1ccc(-c2nn(Cc3cccc(C#N)c3)c3c2C(CCN)CCC3)cc1. The van der Waals surface area contributed by atoms with Crippen molar-refractivity contribution in [1.29, 1.82) is 5.26 Å². The zero-order valence-corrected chi connectivity index (χ0v) is 16.8. The van der Waals surface area contributed by atoms with Crippen LogP contribution in [0.3, 0.4) is 0 Å². The molecule has 5 heteroatoms. The van der Waals surface area contributed by atoms with Gasteiger partial charge in [0.15, 0.2) is 0 Å². The number of fused-ring (bicyclic) bond motifs is 1. The summed E-state index contributed by atoms with van der Waals surface area (Å²) in [6, 6.07) is 18.1. The fraction of sp³-hybridized carbons (Fsp3) is 0.333. The standard InChI is InChI=1S/C24H26N4O/c1-29-21-10-8-20(9-11-21)24-23-19(12-13-25)6-3-7-22(23)28(27-24)16-18-5-2-4-17(14-18)15-26/h2,4-5,8-11,14,19H,3,6-7,12-13,16,25H2,1H3. The first-order valence-electron chi connectivity index (χ1n) is 10.2. The number of rotatable bonds is 6. The van der Waals surface area contributed by atoms with Crippen LogP contribution in [0.25, 0.3) is 11.3 Å². The fourth-order valence-corrected chi connectivity index (χ4v) is 4.36. The highest BCUT2D eigenvalue weighted by molar-refractivity contribution is 5.66. The Morgan fingerprint density at radius 3 is 2.79 bits per heavy atom. The summed E-state index contributed by atoms with van der Waals surface area (Å²) in [7, 11) is 1.68. The van der Waals surface area contributed by atoms with Crippen LogP contribution in [0.15, 0.2) is 48.5 Å². The van der Waals surface area contributed by atoms with Crippen LogP contribution in [0, 0.1) is 11.3 Å². The molecular weight excluding hydrogens is 360 g/mol. The Morgan fingerprint density at radius 2 is 2.07 bits per heavy atom. The van der Waals surface area contributed by atoms with Crippen LogP contribution in [0.5, 0.6) is 5.75 Å². The lowest BCUT2D eigenvalue weighted by molar-refractivity contribution is 0.415. The van der Waals surface area contributed by atoms with Crippen LogP contribution >= 0.6 is 0 Å². The number of nitrogens with zero attached hydrogens (tertiary/aromatic N) is 3. The molecular formula is C24H26N4O. The van der Waals surface area contributed by atoms with Gasteiger partial charge >= 0.3 is 0 Å². The predicted molar refractivity (Wildman–Crippen MR) is 114 cm³/mol. The number of nitrogens with two attached hydrogens (primary N) is 1. The summed E-state index contributed by atoms with van der Waals surface area (Å²) in [5.74, 6) is 1.29. The second kappa shape index (κ2) is 8.50. The van der Waals surface area contributed by atoms with E-state index in [9.17, 15) is 5.26 Å². The highest BCUT2D eigenvalue weighted by Gasteiger charge is 2.28. The van der Waals surface area contributed by atoms with Gasteiger partial charge in [-0.2, -0.15) is 10.4 Å². The van der Waals surface area contributed by atoms with E-state index in [0.29, 0.717) is 24.6 Å². The molecule has 1 atom stereocenters. The van der Waals surface area contributed by atoms with E-state index >= 15 is 0 Å². The van der Waals surface area contributed by atoms with Gasteiger partial charge in [0.25, 0.3) is 0 Å². The molecule has 1 unspecified atom stereocenters. The molecule has 0 fully saturated rings. The molecule has 3 aromatic rings. The Kier molecular flexibility index (Phi) is 5.64. The number of benzene rings is 2. The molecule has 1 aliphatic carbocycles. The minimum absolute atomic E-state index is 0.444. The van der Waals surface area contributed by atoms with Gasteiger partial charge < -0.3 is 10.5 Å². The van der Waals surface area contributed by atoms with Crippen LogP contribution < -0.4 is 10.5 Å². The van der Waals surface area contributed by atoms with Gasteiger partial charge in [-0.15, -0.1) is 0 Å². The first-order chi connectivity index (χ1) is 14.2. The molecule has 0 spiro atoms. The number of methoxy groups -OCH3 is 1. The zero-order chi connectivity index (χ0) is 20.2. The van der Waals surface area contributed by atoms with Crippen molar-refractivity contribution in [3.05, 3.63) is 70.9 Å². The minimum Gasteiger partial charge on any atom is -0.497 e. The summed E-state index contributed by atoms with van der Waals surface area (Å²) < 4.78 is 7.45. The van der Waals surface area contributed by atoms with Gasteiger partial charge in [0, 0.05) is 16.8 Å². The Morgan fingerprint density at radius 1 is 1.24 bits per heavy atom. The summed E-state index contributed by atoms with van der Waals surface area (Å²) >= 11 is 0. The van der Waals surface area contributed by atoms with Crippen molar-refractivity contribution in [3.63, 3.8) is 0 Å². The summed E-state index contributed by atoms with van der Waals surface area (Å²) in [6.45, 7) is 1.35. The van der Waals surface area contributed by atoms with Crippen molar-refractivity contribution in [1.82, 2.24) is 9.78 Å². The van der Waals surface area contributed by atoms with E-state index in [0.717, 1.165) is 48.3 Å². The van der Waals surface area contributed by atoms with Crippen LogP contribution in [-0.4, -0.2) is 23.4 Å².